The van der Waals surface area contributed by atoms with Crippen LogP contribution in [0, 0.1) is 18.6 Å². The second-order valence-electron chi connectivity index (χ2n) is 5.62. The first-order valence-corrected chi connectivity index (χ1v) is 7.98. The van der Waals surface area contributed by atoms with Crippen molar-refractivity contribution in [3.8, 4) is 5.75 Å². The molecule has 3 aromatic rings. The molecule has 0 saturated heterocycles. The molecule has 3 rings (SSSR count). The lowest BCUT2D eigenvalue weighted by Gasteiger charge is -2.10. The highest BCUT2D eigenvalue weighted by atomic mass is 19.2. The molecule has 1 aromatic heterocycles. The van der Waals surface area contributed by atoms with Crippen LogP contribution >= 0.6 is 0 Å². The number of aromatic nitrogens is 2. The van der Waals surface area contributed by atoms with Crippen molar-refractivity contribution in [3.05, 3.63) is 71.7 Å². The third kappa shape index (κ3) is 4.55. The van der Waals surface area contributed by atoms with Gasteiger partial charge in [0.25, 0.3) is 5.91 Å². The fourth-order valence-electron chi connectivity index (χ4n) is 2.34. The highest BCUT2D eigenvalue weighted by Crippen LogP contribution is 2.20. The molecular weight excluding hydrogens is 354 g/mol. The van der Waals surface area contributed by atoms with Gasteiger partial charge in [-0.2, -0.15) is 0 Å². The Kier molecular flexibility index (Phi) is 5.25. The highest BCUT2D eigenvalue weighted by molar-refractivity contribution is 6.03. The van der Waals surface area contributed by atoms with Gasteiger partial charge in [0.05, 0.1) is 7.11 Å². The zero-order valence-electron chi connectivity index (χ0n) is 14.6. The van der Waals surface area contributed by atoms with Gasteiger partial charge in [-0.15, -0.1) is 0 Å². The minimum atomic E-state index is -1.05. The number of anilines is 3. The Hall–Kier alpha value is -3.55. The molecule has 0 bridgehead atoms. The second kappa shape index (κ2) is 7.77. The molecular formula is C19H16F2N4O2. The van der Waals surface area contributed by atoms with E-state index in [0.29, 0.717) is 17.4 Å². The number of nitrogens with zero attached hydrogens (tertiary/aromatic N) is 2. The minimum absolute atomic E-state index is 0.0863. The van der Waals surface area contributed by atoms with Gasteiger partial charge in [0.15, 0.2) is 11.6 Å². The minimum Gasteiger partial charge on any atom is -0.497 e. The maximum Gasteiger partial charge on any atom is 0.274 e. The van der Waals surface area contributed by atoms with E-state index in [2.05, 4.69) is 20.6 Å². The summed E-state index contributed by atoms with van der Waals surface area (Å²) in [6, 6.07) is 11.7. The van der Waals surface area contributed by atoms with Crippen LogP contribution in [0.4, 0.5) is 26.0 Å². The summed E-state index contributed by atoms with van der Waals surface area (Å²) in [7, 11) is 1.58. The van der Waals surface area contributed by atoms with Crippen LogP contribution in [0.15, 0.2) is 48.5 Å². The molecule has 1 amide bonds. The molecule has 0 unspecified atom stereocenters. The van der Waals surface area contributed by atoms with Crippen molar-refractivity contribution in [1.82, 2.24) is 9.97 Å². The maximum atomic E-state index is 13.3. The quantitative estimate of drug-likeness (QED) is 0.708. The molecule has 0 atom stereocenters. The van der Waals surface area contributed by atoms with Gasteiger partial charge in [-0.1, -0.05) is 0 Å². The van der Waals surface area contributed by atoms with Gasteiger partial charge < -0.3 is 15.4 Å². The van der Waals surface area contributed by atoms with Gasteiger partial charge in [0.2, 0.25) is 0 Å². The second-order valence-corrected chi connectivity index (χ2v) is 5.62. The van der Waals surface area contributed by atoms with Gasteiger partial charge in [0, 0.05) is 23.5 Å². The first-order chi connectivity index (χ1) is 12.9. The predicted octanol–water partition coefficient (Wildman–Crippen LogP) is 4.07. The molecule has 6 nitrogen and oxygen atoms in total. The van der Waals surface area contributed by atoms with Crippen LogP contribution in [0.1, 0.15) is 16.3 Å². The molecule has 0 radical (unpaired) electrons. The number of halogens is 2. The number of nitrogens with one attached hydrogen (secondary N) is 2. The largest absolute Gasteiger partial charge is 0.497 e. The molecule has 27 heavy (non-hydrogen) atoms. The predicted molar refractivity (Wildman–Crippen MR) is 97.4 cm³/mol. The van der Waals surface area contributed by atoms with E-state index >= 15 is 0 Å². The van der Waals surface area contributed by atoms with Gasteiger partial charge >= 0.3 is 0 Å². The van der Waals surface area contributed by atoms with Crippen LogP contribution in [0.2, 0.25) is 0 Å². The van der Waals surface area contributed by atoms with E-state index in [4.69, 9.17) is 4.74 Å². The lowest BCUT2D eigenvalue weighted by molar-refractivity contribution is 0.102. The third-order valence-corrected chi connectivity index (χ3v) is 3.61. The van der Waals surface area contributed by atoms with Crippen molar-refractivity contribution in [2.75, 3.05) is 17.7 Å². The summed E-state index contributed by atoms with van der Waals surface area (Å²) in [5.74, 6) is -1.09. The van der Waals surface area contributed by atoms with E-state index < -0.39 is 17.5 Å². The van der Waals surface area contributed by atoms with E-state index in [1.54, 1.807) is 38.3 Å². The van der Waals surface area contributed by atoms with E-state index in [0.717, 1.165) is 17.8 Å². The Morgan fingerprint density at radius 2 is 1.67 bits per heavy atom. The number of hydrogen-bond donors (Lipinski definition) is 2. The summed E-state index contributed by atoms with van der Waals surface area (Å²) in [5.41, 5.74) is 0.962. The summed E-state index contributed by atoms with van der Waals surface area (Å²) in [6.45, 7) is 1.65. The summed E-state index contributed by atoms with van der Waals surface area (Å²) in [6.07, 6.45) is 0. The van der Waals surface area contributed by atoms with Crippen LogP contribution in [0.5, 0.6) is 5.75 Å². The zero-order chi connectivity index (χ0) is 19.4. The molecule has 138 valence electrons. The van der Waals surface area contributed by atoms with E-state index in [-0.39, 0.29) is 11.4 Å². The Labute approximate surface area is 154 Å². The number of rotatable bonds is 5. The van der Waals surface area contributed by atoms with Crippen molar-refractivity contribution in [1.29, 1.82) is 0 Å². The Morgan fingerprint density at radius 3 is 2.33 bits per heavy atom. The van der Waals surface area contributed by atoms with Crippen molar-refractivity contribution >= 4 is 23.1 Å². The average molecular weight is 370 g/mol. The number of hydrogen-bond acceptors (Lipinski definition) is 5. The molecule has 8 heteroatoms. The number of benzene rings is 2. The number of amides is 1. The Morgan fingerprint density at radius 1 is 0.963 bits per heavy atom. The summed E-state index contributed by atoms with van der Waals surface area (Å²) >= 11 is 0. The third-order valence-electron chi connectivity index (χ3n) is 3.61. The molecule has 2 N–H and O–H groups in total. The summed E-state index contributed by atoms with van der Waals surface area (Å²) in [5, 5.41) is 5.55. The molecule has 0 aliphatic rings. The summed E-state index contributed by atoms with van der Waals surface area (Å²) in [4.78, 5) is 20.7. The smallest absolute Gasteiger partial charge is 0.274 e. The van der Waals surface area contributed by atoms with Crippen LogP contribution in [0.3, 0.4) is 0 Å². The number of carbonyl (C=O) groups is 1. The van der Waals surface area contributed by atoms with Gasteiger partial charge in [-0.25, -0.2) is 18.7 Å². The Balaban J connectivity index is 1.79. The number of aryl methyl sites for hydroxylation is 1. The van der Waals surface area contributed by atoms with Crippen LogP contribution in [-0.4, -0.2) is 23.0 Å². The van der Waals surface area contributed by atoms with Gasteiger partial charge in [-0.3, -0.25) is 4.79 Å². The van der Waals surface area contributed by atoms with Crippen LogP contribution < -0.4 is 15.4 Å². The monoisotopic (exact) mass is 370 g/mol. The van der Waals surface area contributed by atoms with Gasteiger partial charge in [0.1, 0.15) is 23.1 Å². The van der Waals surface area contributed by atoms with Crippen molar-refractivity contribution in [2.45, 2.75) is 6.92 Å². The van der Waals surface area contributed by atoms with Crippen LogP contribution in [0.25, 0.3) is 0 Å². The Bertz CT molecular complexity index is 978. The highest BCUT2D eigenvalue weighted by Gasteiger charge is 2.12. The molecule has 1 heterocycles. The molecule has 0 aliphatic carbocycles. The van der Waals surface area contributed by atoms with Crippen molar-refractivity contribution < 1.29 is 18.3 Å². The molecule has 0 saturated carbocycles. The molecule has 0 aliphatic heterocycles. The molecule has 0 fully saturated rings. The fraction of sp³-hybridized carbons (Fsp3) is 0.105. The SMILES string of the molecule is COc1ccc(Nc2cc(C(=O)Nc3ccc(F)c(F)c3)nc(C)n2)cc1. The van der Waals surface area contributed by atoms with Gasteiger partial charge in [-0.05, 0) is 43.3 Å². The fourth-order valence-corrected chi connectivity index (χ4v) is 2.34. The van der Waals surface area contributed by atoms with E-state index in [1.807, 2.05) is 0 Å². The van der Waals surface area contributed by atoms with Crippen molar-refractivity contribution in [2.24, 2.45) is 0 Å². The zero-order valence-corrected chi connectivity index (χ0v) is 14.6. The number of ether oxygens (including phenoxy) is 1. The van der Waals surface area contributed by atoms with E-state index in [1.165, 1.54) is 12.1 Å². The number of carbonyl (C=O) groups excluding carboxylic acids is 1. The summed E-state index contributed by atoms with van der Waals surface area (Å²) < 4.78 is 31.4. The first-order valence-electron chi connectivity index (χ1n) is 7.98. The first kappa shape index (κ1) is 18.2. The topological polar surface area (TPSA) is 76.1 Å². The number of methoxy groups -OCH3 is 1. The average Bonchev–Trinajstić information content (AvgIpc) is 2.65. The lowest BCUT2D eigenvalue weighted by atomic mass is 10.2. The van der Waals surface area contributed by atoms with E-state index in [9.17, 15) is 13.6 Å². The molecule has 0 spiro atoms. The van der Waals surface area contributed by atoms with Crippen molar-refractivity contribution in [3.63, 3.8) is 0 Å². The van der Waals surface area contributed by atoms with Crippen LogP contribution in [-0.2, 0) is 0 Å². The standard InChI is InChI=1S/C19H16F2N4O2/c1-11-22-17(19(26)25-13-5-8-15(20)16(21)9-13)10-18(23-11)24-12-3-6-14(27-2)7-4-12/h3-10H,1-2H3,(H,25,26)(H,22,23,24). The maximum absolute atomic E-state index is 13.3. The normalized spacial score (nSPS) is 10.4. The lowest BCUT2D eigenvalue weighted by Crippen LogP contribution is -2.15. The molecule has 2 aromatic carbocycles.